The number of phosphoric ester groups is 1. The molecule has 1 N–H and O–H groups in total. The van der Waals surface area contributed by atoms with E-state index >= 15 is 0 Å². The van der Waals surface area contributed by atoms with Gasteiger partial charge >= 0.3 is 5.97 Å². The number of ether oxygens (including phenoxy) is 1. The van der Waals surface area contributed by atoms with Gasteiger partial charge in [0.25, 0.3) is 7.82 Å². The van der Waals surface area contributed by atoms with Gasteiger partial charge in [0.1, 0.15) is 19.3 Å². The van der Waals surface area contributed by atoms with E-state index in [1.807, 2.05) is 33.3 Å². The van der Waals surface area contributed by atoms with E-state index in [1.165, 1.54) is 180 Å². The average Bonchev–Trinajstić information content (AvgIpc) is 3.37. The topological polar surface area (TPSA) is 114 Å². The summed E-state index contributed by atoms with van der Waals surface area (Å²) < 4.78 is 30.3. The molecule has 0 heterocycles. The minimum absolute atomic E-state index is 0.0256. The van der Waals surface area contributed by atoms with E-state index in [-0.39, 0.29) is 24.9 Å². The lowest BCUT2D eigenvalue weighted by Crippen LogP contribution is -2.47. The Morgan fingerprint density at radius 1 is 0.480 bits per heavy atom. The summed E-state index contributed by atoms with van der Waals surface area (Å²) in [5.41, 5.74) is 0. The Labute approximate surface area is 464 Å². The lowest BCUT2D eigenvalue weighted by Gasteiger charge is -2.30. The maximum Gasteiger partial charge on any atom is 0.306 e. The second-order valence-electron chi connectivity index (χ2n) is 22.6. The van der Waals surface area contributed by atoms with Crippen molar-refractivity contribution in [3.63, 3.8) is 0 Å². The third kappa shape index (κ3) is 56.2. The number of amides is 1. The van der Waals surface area contributed by atoms with Crippen molar-refractivity contribution in [2.45, 2.75) is 303 Å². The molecule has 0 aliphatic heterocycles. The predicted molar refractivity (Wildman–Crippen MR) is 321 cm³/mol. The zero-order valence-electron chi connectivity index (χ0n) is 50.0. The van der Waals surface area contributed by atoms with Crippen molar-refractivity contribution in [3.8, 4) is 0 Å². The first kappa shape index (κ1) is 72.7. The molecule has 0 aromatic rings. The van der Waals surface area contributed by atoms with Crippen LogP contribution >= 0.6 is 7.82 Å². The summed E-state index contributed by atoms with van der Waals surface area (Å²) in [6.07, 6.45) is 69.1. The van der Waals surface area contributed by atoms with E-state index in [0.29, 0.717) is 17.4 Å². The molecule has 0 aromatic heterocycles. The first-order valence-electron chi connectivity index (χ1n) is 31.6. The van der Waals surface area contributed by atoms with Gasteiger partial charge in [0.15, 0.2) is 0 Å². The molecule has 0 rings (SSSR count). The van der Waals surface area contributed by atoms with E-state index in [2.05, 4.69) is 74.7 Å². The normalized spacial score (nSPS) is 14.1. The molecule has 0 aliphatic rings. The van der Waals surface area contributed by atoms with Gasteiger partial charge in [0.2, 0.25) is 5.91 Å². The highest BCUT2D eigenvalue weighted by atomic mass is 31.2. The maximum atomic E-state index is 13.5. The van der Waals surface area contributed by atoms with Crippen molar-refractivity contribution in [3.05, 3.63) is 60.8 Å². The van der Waals surface area contributed by atoms with Crippen LogP contribution < -0.4 is 10.2 Å². The number of carbonyl (C=O) groups excluding carboxylic acids is 2. The first-order chi connectivity index (χ1) is 36.4. The number of quaternary nitrogens is 1. The van der Waals surface area contributed by atoms with Crippen molar-refractivity contribution in [2.75, 3.05) is 40.9 Å². The van der Waals surface area contributed by atoms with Crippen LogP contribution in [0.15, 0.2) is 60.8 Å². The molecule has 0 radical (unpaired) electrons. The van der Waals surface area contributed by atoms with E-state index in [9.17, 15) is 19.0 Å². The zero-order valence-corrected chi connectivity index (χ0v) is 50.9. The lowest BCUT2D eigenvalue weighted by molar-refractivity contribution is -0.870. The highest BCUT2D eigenvalue weighted by molar-refractivity contribution is 7.45. The molecule has 0 fully saturated rings. The fraction of sp³-hybridized carbons (Fsp3) is 0.815. The van der Waals surface area contributed by atoms with Crippen molar-refractivity contribution < 1.29 is 37.3 Å². The number of likely N-dealkylation sites (N-methyl/N-ethyl adjacent to an activating group) is 1. The molecule has 1 amide bonds. The van der Waals surface area contributed by atoms with Gasteiger partial charge in [-0.25, -0.2) is 0 Å². The molecule has 0 spiro atoms. The number of nitrogens with zero attached hydrogens (tertiary/aromatic N) is 1. The fourth-order valence-corrected chi connectivity index (χ4v) is 9.83. The van der Waals surface area contributed by atoms with Crippen molar-refractivity contribution in [2.24, 2.45) is 0 Å². The highest BCUT2D eigenvalue weighted by Gasteiger charge is 2.27. The smallest absolute Gasteiger partial charge is 0.306 e. The van der Waals surface area contributed by atoms with Gasteiger partial charge in [-0.2, -0.15) is 0 Å². The minimum Gasteiger partial charge on any atom is -0.756 e. The Balaban J connectivity index is 5.12. The molecular weight excluding hydrogens is 952 g/mol. The molecule has 10 heteroatoms. The van der Waals surface area contributed by atoms with Gasteiger partial charge in [-0.3, -0.25) is 14.2 Å². The van der Waals surface area contributed by atoms with E-state index in [1.54, 1.807) is 0 Å². The highest BCUT2D eigenvalue weighted by Crippen LogP contribution is 2.38. The van der Waals surface area contributed by atoms with Crippen LogP contribution in [0.5, 0.6) is 0 Å². The molecule has 0 saturated carbocycles. The SMILES string of the molecule is CC/C=C/C=C/C=C/CCCCCCCCCC(=O)NC(COP(=O)([O-])OCC[N+](C)(C)C)C(/C=C\CCCCCCCCCCC)OC(=O)CCCCCCCCCCCCCCC/C=C/CCCCCCCC. The first-order valence-corrected chi connectivity index (χ1v) is 33.1. The molecular formula is C65H121N2O7P. The lowest BCUT2D eigenvalue weighted by atomic mass is 10.0. The summed E-state index contributed by atoms with van der Waals surface area (Å²) in [4.78, 5) is 40.0. The largest absolute Gasteiger partial charge is 0.756 e. The molecule has 3 atom stereocenters. The number of hydrogen-bond donors (Lipinski definition) is 1. The number of nitrogens with one attached hydrogen (secondary N) is 1. The van der Waals surface area contributed by atoms with E-state index in [4.69, 9.17) is 13.8 Å². The molecule has 438 valence electrons. The van der Waals surface area contributed by atoms with Gasteiger partial charge in [-0.1, -0.05) is 262 Å². The van der Waals surface area contributed by atoms with E-state index in [0.717, 1.165) is 77.0 Å². The van der Waals surface area contributed by atoms with Crippen LogP contribution in [0.3, 0.4) is 0 Å². The number of carbonyl (C=O) groups is 2. The van der Waals surface area contributed by atoms with Crippen molar-refractivity contribution >= 4 is 19.7 Å². The van der Waals surface area contributed by atoms with Crippen LogP contribution in [0.1, 0.15) is 290 Å². The molecule has 0 aromatic carbocycles. The van der Waals surface area contributed by atoms with Gasteiger partial charge in [0.05, 0.1) is 33.8 Å². The quantitative estimate of drug-likeness (QED) is 0.0161. The molecule has 9 nitrogen and oxygen atoms in total. The van der Waals surface area contributed by atoms with Gasteiger partial charge in [-0.15, -0.1) is 0 Å². The summed E-state index contributed by atoms with van der Waals surface area (Å²) >= 11 is 0. The standard InChI is InChI=1S/C65H121N2O7P/c1-7-10-13-16-19-22-25-27-29-30-31-32-33-34-35-36-38-40-43-46-49-52-55-58-65(69)74-63(56-53-50-47-44-41-24-21-18-15-12-9-3)62(61-73-75(70,71)72-60-59-67(4,5)6)66-64(68)57-54-51-48-45-42-39-37-28-26-23-20-17-14-11-8-2/h11,14,17,20,23,26-27,29,53,56,62-63H,7-10,12-13,15-16,18-19,21-22,24-25,28,30-52,54-55,57-61H2,1-6H3,(H-,66,68,70,71)/b14-11+,20-17+,26-23+,29-27+,56-53-. The van der Waals surface area contributed by atoms with Crippen LogP contribution in [0.4, 0.5) is 0 Å². The van der Waals surface area contributed by atoms with Gasteiger partial charge in [0, 0.05) is 12.8 Å². The Hall–Kier alpha value is -2.29. The molecule has 0 saturated heterocycles. The summed E-state index contributed by atoms with van der Waals surface area (Å²) in [5, 5.41) is 3.02. The number of unbranched alkanes of at least 4 members (excludes halogenated alkanes) is 35. The third-order valence-electron chi connectivity index (χ3n) is 14.0. The number of esters is 1. The van der Waals surface area contributed by atoms with Gasteiger partial charge < -0.3 is 28.5 Å². The number of hydrogen-bond acceptors (Lipinski definition) is 7. The number of phosphoric acid groups is 1. The fourth-order valence-electron chi connectivity index (χ4n) is 9.11. The molecule has 0 bridgehead atoms. The summed E-state index contributed by atoms with van der Waals surface area (Å²) in [5.74, 6) is -0.550. The van der Waals surface area contributed by atoms with Crippen LogP contribution in [0, 0.1) is 0 Å². The summed E-state index contributed by atoms with van der Waals surface area (Å²) in [6.45, 7) is 6.71. The predicted octanol–water partition coefficient (Wildman–Crippen LogP) is 18.8. The second-order valence-corrected chi connectivity index (χ2v) is 24.0. The second kappa shape index (κ2) is 55.0. The molecule has 75 heavy (non-hydrogen) atoms. The van der Waals surface area contributed by atoms with Crippen LogP contribution in [0.2, 0.25) is 0 Å². The zero-order chi connectivity index (χ0) is 55.0. The Morgan fingerprint density at radius 2 is 0.867 bits per heavy atom. The Kier molecular flexibility index (Phi) is 53.4. The van der Waals surface area contributed by atoms with Crippen LogP contribution in [-0.4, -0.2) is 69.4 Å². The molecule has 3 unspecified atom stereocenters. The number of allylic oxidation sites excluding steroid dienone is 9. The van der Waals surface area contributed by atoms with Crippen LogP contribution in [0.25, 0.3) is 0 Å². The Bertz CT molecular complexity index is 1470. The van der Waals surface area contributed by atoms with Gasteiger partial charge in [-0.05, 0) is 76.7 Å². The van der Waals surface area contributed by atoms with E-state index < -0.39 is 26.6 Å². The molecule has 0 aliphatic carbocycles. The monoisotopic (exact) mass is 1070 g/mol. The number of rotatable bonds is 57. The summed E-state index contributed by atoms with van der Waals surface area (Å²) in [7, 11) is 1.18. The summed E-state index contributed by atoms with van der Waals surface area (Å²) in [6, 6.07) is -0.894. The average molecular weight is 1070 g/mol. The Morgan fingerprint density at radius 3 is 1.31 bits per heavy atom. The van der Waals surface area contributed by atoms with Crippen molar-refractivity contribution in [1.82, 2.24) is 5.32 Å². The maximum absolute atomic E-state index is 13.5. The minimum atomic E-state index is -4.70. The van der Waals surface area contributed by atoms with Crippen LogP contribution in [-0.2, 0) is 27.9 Å². The third-order valence-corrected chi connectivity index (χ3v) is 15.0. The van der Waals surface area contributed by atoms with Crippen molar-refractivity contribution in [1.29, 1.82) is 0 Å².